The van der Waals surface area contributed by atoms with Crippen molar-refractivity contribution in [3.8, 4) is 0 Å². The maximum atomic E-state index is 6.83. The smallest absolute Gasteiger partial charge is 0.116 e. The second-order valence-corrected chi connectivity index (χ2v) is 7.86. The molecule has 0 N–H and O–H groups in total. The van der Waals surface area contributed by atoms with Crippen LogP contribution in [0.4, 0.5) is 0 Å². The Kier molecular flexibility index (Phi) is 4.13. The molecule has 0 bridgehead atoms. The molecule has 0 aromatic carbocycles. The van der Waals surface area contributed by atoms with Gasteiger partial charge in [-0.3, -0.25) is 0 Å². The van der Waals surface area contributed by atoms with E-state index in [1.54, 1.807) is 11.8 Å². The highest BCUT2D eigenvalue weighted by atomic mass is 35.5. The quantitative estimate of drug-likeness (QED) is 0.645. The molecule has 1 unspecified atom stereocenters. The van der Waals surface area contributed by atoms with Crippen LogP contribution in [-0.2, 0) is 0 Å². The minimum atomic E-state index is -0.560. The largest absolute Gasteiger partial charge is 0.356 e. The highest BCUT2D eigenvalue weighted by Gasteiger charge is 2.41. The van der Waals surface area contributed by atoms with Crippen LogP contribution in [0.15, 0.2) is 26.2 Å². The lowest BCUT2D eigenvalue weighted by molar-refractivity contribution is 0.428. The first kappa shape index (κ1) is 14.8. The maximum Gasteiger partial charge on any atom is 0.116 e. The summed E-state index contributed by atoms with van der Waals surface area (Å²) in [5.41, 5.74) is 2.36. The average Bonchev–Trinajstić information content (AvgIpc) is 2.61. The van der Waals surface area contributed by atoms with E-state index in [0.717, 1.165) is 41.6 Å². The van der Waals surface area contributed by atoms with Crippen molar-refractivity contribution >= 4 is 40.8 Å². The molecular weight excluding hydrogens is 311 g/mol. The molecule has 2 nitrogen and oxygen atoms in total. The Labute approximate surface area is 135 Å². The van der Waals surface area contributed by atoms with Crippen molar-refractivity contribution in [2.75, 3.05) is 19.3 Å². The molecular formula is C15H20Cl2N2S. The Balaban J connectivity index is 1.99. The first-order valence-corrected chi connectivity index (χ1v) is 9.19. The minimum absolute atomic E-state index is 0.560. The molecule has 0 amide bonds. The average molecular weight is 331 g/mol. The fourth-order valence-electron chi connectivity index (χ4n) is 3.37. The third-order valence-corrected chi connectivity index (χ3v) is 6.32. The number of aliphatic imine (C=N–C) groups is 1. The first-order chi connectivity index (χ1) is 9.54. The molecule has 3 aliphatic rings. The van der Waals surface area contributed by atoms with Gasteiger partial charge in [0.2, 0.25) is 0 Å². The monoisotopic (exact) mass is 330 g/mol. The summed E-state index contributed by atoms with van der Waals surface area (Å²) in [6, 6.07) is 0. The second kappa shape index (κ2) is 5.58. The van der Waals surface area contributed by atoms with Gasteiger partial charge in [0.05, 0.1) is 5.70 Å². The highest BCUT2D eigenvalue weighted by Crippen LogP contribution is 2.49. The molecule has 5 heteroatoms. The van der Waals surface area contributed by atoms with Crippen molar-refractivity contribution in [3.63, 3.8) is 0 Å². The third-order valence-electron chi connectivity index (χ3n) is 4.34. The van der Waals surface area contributed by atoms with E-state index in [1.807, 2.05) is 13.2 Å². The lowest BCUT2D eigenvalue weighted by atomic mass is 9.91. The number of alkyl halides is 1. The number of allylic oxidation sites excluding steroid dienone is 2. The van der Waals surface area contributed by atoms with Crippen LogP contribution in [-0.4, -0.2) is 35.0 Å². The Morgan fingerprint density at radius 2 is 2.10 bits per heavy atom. The number of amidine groups is 1. The summed E-state index contributed by atoms with van der Waals surface area (Å²) < 4.78 is 0. The molecule has 2 heterocycles. The summed E-state index contributed by atoms with van der Waals surface area (Å²) in [4.78, 5) is 7.88. The first-order valence-electron chi connectivity index (χ1n) is 7.21. The van der Waals surface area contributed by atoms with Crippen LogP contribution < -0.4 is 0 Å². The van der Waals surface area contributed by atoms with Gasteiger partial charge in [0.15, 0.2) is 0 Å². The van der Waals surface area contributed by atoms with Gasteiger partial charge in [-0.05, 0) is 31.6 Å². The number of hydrogen-bond acceptors (Lipinski definition) is 3. The van der Waals surface area contributed by atoms with Crippen LogP contribution in [0, 0.1) is 0 Å². The van der Waals surface area contributed by atoms with E-state index in [0.29, 0.717) is 0 Å². The summed E-state index contributed by atoms with van der Waals surface area (Å²) >= 11 is 14.9. The van der Waals surface area contributed by atoms with Crippen molar-refractivity contribution in [2.24, 2.45) is 4.99 Å². The van der Waals surface area contributed by atoms with Crippen LogP contribution >= 0.6 is 35.0 Å². The molecule has 1 aliphatic carbocycles. The van der Waals surface area contributed by atoms with E-state index in [9.17, 15) is 0 Å². The number of thioether (sulfide) groups is 1. The molecule has 1 saturated heterocycles. The third kappa shape index (κ3) is 2.42. The van der Waals surface area contributed by atoms with Crippen LogP contribution in [0.2, 0.25) is 0 Å². The van der Waals surface area contributed by atoms with Gasteiger partial charge in [-0.1, -0.05) is 18.0 Å². The second-order valence-electron chi connectivity index (χ2n) is 5.83. The molecule has 0 radical (unpaired) electrons. The van der Waals surface area contributed by atoms with Crippen LogP contribution in [0.1, 0.15) is 39.0 Å². The number of nitrogens with zero attached hydrogens (tertiary/aromatic N) is 2. The zero-order chi connectivity index (χ0) is 14.3. The zero-order valence-electron chi connectivity index (χ0n) is 12.0. The topological polar surface area (TPSA) is 15.6 Å². The SMILES string of the molecule is CSC1=C(Cl)CC2=C(N=C3CCCCCN3C2)C1(C)Cl. The van der Waals surface area contributed by atoms with Gasteiger partial charge in [0.1, 0.15) is 10.7 Å². The normalized spacial score (nSPS) is 30.8. The molecule has 0 aromatic heterocycles. The molecule has 20 heavy (non-hydrogen) atoms. The lowest BCUT2D eigenvalue weighted by Crippen LogP contribution is -2.40. The number of fused-ring (bicyclic) bond motifs is 1. The van der Waals surface area contributed by atoms with E-state index in [4.69, 9.17) is 28.2 Å². The Morgan fingerprint density at radius 3 is 2.85 bits per heavy atom. The van der Waals surface area contributed by atoms with Gasteiger partial charge in [0.25, 0.3) is 0 Å². The van der Waals surface area contributed by atoms with Gasteiger partial charge in [-0.15, -0.1) is 23.4 Å². The van der Waals surface area contributed by atoms with Crippen LogP contribution in [0.25, 0.3) is 0 Å². The fourth-order valence-corrected chi connectivity index (χ4v) is 5.29. The molecule has 0 saturated carbocycles. The standard InChI is InChI=1S/C15H20Cl2N2S/c1-15(17)13-10(8-11(16)14(15)20-2)9-19-7-5-3-4-6-12(19)18-13/h3-9H2,1-2H3. The predicted octanol–water partition coefficient (Wildman–Crippen LogP) is 4.74. The van der Waals surface area contributed by atoms with Gasteiger partial charge >= 0.3 is 0 Å². The summed E-state index contributed by atoms with van der Waals surface area (Å²) in [7, 11) is 0. The molecule has 1 fully saturated rings. The summed E-state index contributed by atoms with van der Waals surface area (Å²) in [5.74, 6) is 1.23. The predicted molar refractivity (Wildman–Crippen MR) is 89.8 cm³/mol. The van der Waals surface area contributed by atoms with Crippen molar-refractivity contribution in [3.05, 3.63) is 21.2 Å². The Morgan fingerprint density at radius 1 is 1.30 bits per heavy atom. The Bertz CT molecular complexity index is 520. The molecule has 1 atom stereocenters. The molecule has 3 rings (SSSR count). The van der Waals surface area contributed by atoms with Crippen LogP contribution in [0.5, 0.6) is 0 Å². The lowest BCUT2D eigenvalue weighted by Gasteiger charge is -2.39. The minimum Gasteiger partial charge on any atom is -0.356 e. The number of rotatable bonds is 1. The van der Waals surface area contributed by atoms with Crippen molar-refractivity contribution < 1.29 is 0 Å². The van der Waals surface area contributed by atoms with E-state index in [-0.39, 0.29) is 0 Å². The van der Waals surface area contributed by atoms with Crippen molar-refractivity contribution in [1.82, 2.24) is 4.90 Å². The summed E-state index contributed by atoms with van der Waals surface area (Å²) in [6.45, 7) is 4.10. The fraction of sp³-hybridized carbons (Fsp3) is 0.667. The Hall–Kier alpha value is -0.120. The van der Waals surface area contributed by atoms with E-state index >= 15 is 0 Å². The molecule has 0 spiro atoms. The van der Waals surface area contributed by atoms with Crippen molar-refractivity contribution in [2.45, 2.75) is 43.9 Å². The molecule has 0 aromatic rings. The van der Waals surface area contributed by atoms with Gasteiger partial charge in [0, 0.05) is 35.9 Å². The summed E-state index contributed by atoms with van der Waals surface area (Å²) in [5, 5.41) is 0.891. The molecule has 110 valence electrons. The van der Waals surface area contributed by atoms with Crippen LogP contribution in [0.3, 0.4) is 0 Å². The van der Waals surface area contributed by atoms with Gasteiger partial charge in [-0.25, -0.2) is 4.99 Å². The van der Waals surface area contributed by atoms with Crippen molar-refractivity contribution in [1.29, 1.82) is 0 Å². The van der Waals surface area contributed by atoms with E-state index in [2.05, 4.69) is 4.90 Å². The van der Waals surface area contributed by atoms with Gasteiger partial charge < -0.3 is 4.90 Å². The van der Waals surface area contributed by atoms with Gasteiger partial charge in [-0.2, -0.15) is 0 Å². The summed E-state index contributed by atoms with van der Waals surface area (Å²) in [6.07, 6.45) is 7.73. The van der Waals surface area contributed by atoms with E-state index in [1.165, 1.54) is 30.7 Å². The number of hydrogen-bond donors (Lipinski definition) is 0. The highest BCUT2D eigenvalue weighted by molar-refractivity contribution is 8.02. The molecule has 2 aliphatic heterocycles. The maximum absolute atomic E-state index is 6.83. The zero-order valence-corrected chi connectivity index (χ0v) is 14.3. The number of halogens is 2. The van der Waals surface area contributed by atoms with E-state index < -0.39 is 4.87 Å².